The smallest absolute Gasteiger partial charge is 0.407 e. The van der Waals surface area contributed by atoms with Gasteiger partial charge in [0.15, 0.2) is 0 Å². The summed E-state index contributed by atoms with van der Waals surface area (Å²) in [6, 6.07) is 10.3. The fourth-order valence-electron chi connectivity index (χ4n) is 9.99. The lowest BCUT2D eigenvalue weighted by Gasteiger charge is -2.35. The number of H-pyrrole nitrogens is 2. The van der Waals surface area contributed by atoms with Gasteiger partial charge in [-0.25, -0.2) is 19.6 Å². The highest BCUT2D eigenvalue weighted by atomic mass is 16.5. The maximum absolute atomic E-state index is 14.1. The van der Waals surface area contributed by atoms with E-state index >= 15 is 0 Å². The first-order valence-corrected chi connectivity index (χ1v) is 21.4. The topological polar surface area (TPSA) is 204 Å². The number of ether oxygens (including phenoxy) is 3. The van der Waals surface area contributed by atoms with E-state index in [-0.39, 0.29) is 47.8 Å². The predicted octanol–water partition coefficient (Wildman–Crippen LogP) is 5.28. The Balaban J connectivity index is 0.878. The zero-order chi connectivity index (χ0) is 42.2. The van der Waals surface area contributed by atoms with E-state index in [4.69, 9.17) is 19.2 Å². The van der Waals surface area contributed by atoms with Crippen molar-refractivity contribution in [3.63, 3.8) is 0 Å². The molecule has 5 fully saturated rings. The Morgan fingerprint density at radius 1 is 0.787 bits per heavy atom. The second kappa shape index (κ2) is 17.2. The van der Waals surface area contributed by atoms with Gasteiger partial charge in [-0.1, -0.05) is 24.1 Å². The van der Waals surface area contributed by atoms with Gasteiger partial charge in [0, 0.05) is 49.6 Å². The van der Waals surface area contributed by atoms with E-state index in [0.717, 1.165) is 53.3 Å². The molecule has 2 aromatic heterocycles. The summed E-state index contributed by atoms with van der Waals surface area (Å²) in [4.78, 5) is 72.2. The van der Waals surface area contributed by atoms with Gasteiger partial charge in [0.25, 0.3) is 0 Å². The van der Waals surface area contributed by atoms with Gasteiger partial charge in [-0.15, -0.1) is 0 Å². The number of rotatable bonds is 9. The predicted molar refractivity (Wildman–Crippen MR) is 222 cm³/mol. The molecule has 320 valence electrons. The van der Waals surface area contributed by atoms with Crippen LogP contribution in [-0.4, -0.2) is 117 Å². The van der Waals surface area contributed by atoms with Gasteiger partial charge >= 0.3 is 12.2 Å². The van der Waals surface area contributed by atoms with Crippen molar-refractivity contribution in [1.29, 1.82) is 0 Å². The van der Waals surface area contributed by atoms with Crippen molar-refractivity contribution in [3.8, 4) is 23.1 Å². The third kappa shape index (κ3) is 8.41. The zero-order valence-electron chi connectivity index (χ0n) is 34.4. The molecule has 4 saturated heterocycles. The Morgan fingerprint density at radius 3 is 2.16 bits per heavy atom. The Labute approximate surface area is 353 Å². The minimum atomic E-state index is -1.21. The lowest BCUT2D eigenvalue weighted by Crippen LogP contribution is -2.54. The van der Waals surface area contributed by atoms with Crippen LogP contribution in [0.3, 0.4) is 0 Å². The first-order chi connectivity index (χ1) is 29.6. The van der Waals surface area contributed by atoms with Crippen LogP contribution in [0.2, 0.25) is 0 Å². The molecule has 0 radical (unpaired) electrons. The number of benzene rings is 2. The van der Waals surface area contributed by atoms with Crippen LogP contribution in [0, 0.1) is 29.6 Å². The number of imidazole rings is 2. The molecule has 4 aromatic rings. The highest BCUT2D eigenvalue weighted by Crippen LogP contribution is 2.53. The molecule has 7 atom stereocenters. The number of amides is 4. The molecule has 2 unspecified atom stereocenters. The second-order valence-electron chi connectivity index (χ2n) is 17.1. The monoisotopic (exact) mass is 832 g/mol. The number of aromatic amines is 2. The van der Waals surface area contributed by atoms with Crippen LogP contribution >= 0.6 is 0 Å². The van der Waals surface area contributed by atoms with Crippen LogP contribution < -0.4 is 10.6 Å². The number of aromatic nitrogens is 4. The average Bonchev–Trinajstić information content (AvgIpc) is 3.75. The van der Waals surface area contributed by atoms with Crippen LogP contribution in [0.4, 0.5) is 9.59 Å². The van der Waals surface area contributed by atoms with Crippen molar-refractivity contribution in [2.24, 2.45) is 17.8 Å². The number of carbonyl (C=O) groups excluding carboxylic acids is 3. The molecule has 4 aliphatic heterocycles. The number of alkyl carbamates (subject to hydrolysis) is 1. The third-order valence-corrected chi connectivity index (χ3v) is 13.3. The van der Waals surface area contributed by atoms with E-state index in [2.05, 4.69) is 43.5 Å². The lowest BCUT2D eigenvalue weighted by atomic mass is 9.90. The molecule has 61 heavy (non-hydrogen) atoms. The summed E-state index contributed by atoms with van der Waals surface area (Å²) in [6.45, 7) is 4.13. The number of hydrogen-bond donors (Lipinski definition) is 5. The van der Waals surface area contributed by atoms with Crippen molar-refractivity contribution in [1.82, 2.24) is 40.4 Å². The normalized spacial score (nSPS) is 25.0. The van der Waals surface area contributed by atoms with Crippen molar-refractivity contribution >= 4 is 34.8 Å². The molecule has 1 saturated carbocycles. The number of methoxy groups -OCH3 is 1. The number of likely N-dealkylation sites (tertiary alicyclic amines) is 2. The molecule has 2 aromatic carbocycles. The summed E-state index contributed by atoms with van der Waals surface area (Å²) in [5.41, 5.74) is 3.26. The molecule has 0 spiro atoms. The lowest BCUT2D eigenvalue weighted by molar-refractivity contribution is -0.139. The summed E-state index contributed by atoms with van der Waals surface area (Å²) in [7, 11) is 1.31. The van der Waals surface area contributed by atoms with Gasteiger partial charge in [0.1, 0.15) is 29.4 Å². The van der Waals surface area contributed by atoms with Gasteiger partial charge in [-0.05, 0) is 111 Å². The minimum absolute atomic E-state index is 0.0350. The van der Waals surface area contributed by atoms with Crippen molar-refractivity contribution in [2.45, 2.75) is 94.5 Å². The number of fused-ring (bicyclic) bond motifs is 2. The highest BCUT2D eigenvalue weighted by Gasteiger charge is 2.56. The summed E-state index contributed by atoms with van der Waals surface area (Å²) in [5, 5.41) is 17.0. The van der Waals surface area contributed by atoms with E-state index in [1.165, 1.54) is 7.11 Å². The number of carbonyl (C=O) groups is 4. The van der Waals surface area contributed by atoms with Gasteiger partial charge in [-0.3, -0.25) is 9.59 Å². The summed E-state index contributed by atoms with van der Waals surface area (Å²) >= 11 is 0. The Morgan fingerprint density at radius 2 is 1.44 bits per heavy atom. The fraction of sp³-hybridized carbons (Fsp3) is 0.511. The number of piperidine rings is 1. The van der Waals surface area contributed by atoms with Gasteiger partial charge < -0.3 is 49.7 Å². The molecule has 6 heterocycles. The maximum atomic E-state index is 14.1. The summed E-state index contributed by atoms with van der Waals surface area (Å²) in [6.07, 6.45) is 7.58. The van der Waals surface area contributed by atoms with Gasteiger partial charge in [0.2, 0.25) is 11.8 Å². The minimum Gasteiger partial charge on any atom is -0.465 e. The fourth-order valence-corrected chi connectivity index (χ4v) is 9.99. The molecule has 0 bridgehead atoms. The average molecular weight is 833 g/mol. The number of nitrogens with zero attached hydrogens (tertiary/aromatic N) is 4. The van der Waals surface area contributed by atoms with Crippen molar-refractivity contribution in [2.75, 3.05) is 33.5 Å². The van der Waals surface area contributed by atoms with E-state index in [1.807, 2.05) is 47.1 Å². The Hall–Kier alpha value is -5.92. The molecule has 1 aliphatic carbocycles. The number of nitrogens with one attached hydrogen (secondary N) is 4. The van der Waals surface area contributed by atoms with E-state index < -0.39 is 24.3 Å². The Kier molecular flexibility index (Phi) is 11.4. The molecule has 5 N–H and O–H groups in total. The van der Waals surface area contributed by atoms with Crippen LogP contribution in [0.25, 0.3) is 22.0 Å². The summed E-state index contributed by atoms with van der Waals surface area (Å²) < 4.78 is 15.9. The zero-order valence-corrected chi connectivity index (χ0v) is 34.4. The maximum Gasteiger partial charge on any atom is 0.407 e. The quantitative estimate of drug-likeness (QED) is 0.138. The Bertz CT molecular complexity index is 2360. The van der Waals surface area contributed by atoms with Gasteiger partial charge in [-0.2, -0.15) is 0 Å². The van der Waals surface area contributed by atoms with E-state index in [9.17, 15) is 24.3 Å². The molecule has 16 nitrogen and oxygen atoms in total. The second-order valence-corrected chi connectivity index (χ2v) is 17.1. The molecular weight excluding hydrogens is 781 g/mol. The number of hydrogen-bond acceptors (Lipinski definition) is 9. The number of carboxylic acid groups (broad SMARTS) is 1. The SMILES string of the molecule is COC(=O)NC(C(=O)N1[C@@H]2C[C@@H]2C[C@H]1c1ncc(C#Cc2ccc3cc(-c4cnc([C@@H]5CC[C@H](C)N5C(=O)C(NC(=O)O)C5CCOCC5)[nH]4)ccc3c2)[nH]1)C1CCOCC1. The van der Waals surface area contributed by atoms with E-state index in [1.54, 1.807) is 12.4 Å². The summed E-state index contributed by atoms with van der Waals surface area (Å²) in [5.74, 6) is 7.80. The first-order valence-electron chi connectivity index (χ1n) is 21.4. The van der Waals surface area contributed by atoms with Crippen molar-refractivity contribution in [3.05, 3.63) is 71.7 Å². The van der Waals surface area contributed by atoms with Crippen LogP contribution in [-0.2, 0) is 23.8 Å². The van der Waals surface area contributed by atoms with Crippen molar-refractivity contribution < 1.29 is 38.5 Å². The molecule has 4 amide bonds. The standard InChI is InChI=1S/C45H52N8O8/c1-25-3-10-35(52(25)42(54)38(50-44(56)57)27-11-15-60-16-12-27)40-47-24-34(49-40)31-8-7-29-19-26(4-6-30(29)20-31)5-9-33-23-46-41(48-33)37-22-32-21-36(32)53(37)43(55)39(51-45(58)59-2)28-13-17-61-18-14-28/h4,6-8,19-20,23-25,27-28,32,35-39,50H,3,10-18,21-22H2,1-2H3,(H,46,48)(H,47,49)(H,51,58)(H,56,57)/t25-,32+,35-,36+,37-,38?,39?/m0/s1. The molecule has 5 aliphatic rings. The molecular formula is C45H52N8O8. The van der Waals surface area contributed by atoms with Crippen LogP contribution in [0.15, 0.2) is 48.8 Å². The molecule has 9 rings (SSSR count). The van der Waals surface area contributed by atoms with Gasteiger partial charge in [0.05, 0.1) is 37.3 Å². The van der Waals surface area contributed by atoms with Crippen LogP contribution in [0.1, 0.15) is 93.3 Å². The van der Waals surface area contributed by atoms with E-state index in [0.29, 0.717) is 75.4 Å². The highest BCUT2D eigenvalue weighted by molar-refractivity contribution is 5.89. The first kappa shape index (κ1) is 40.5. The van der Waals surface area contributed by atoms with Crippen LogP contribution in [0.5, 0.6) is 0 Å². The third-order valence-electron chi connectivity index (χ3n) is 13.3. The molecule has 16 heteroatoms. The largest absolute Gasteiger partial charge is 0.465 e.